The average molecular weight is 731 g/mol. The van der Waals surface area contributed by atoms with Crippen molar-refractivity contribution in [3.05, 3.63) is 180 Å². The fourth-order valence-corrected chi connectivity index (χ4v) is 6.15. The van der Waals surface area contributed by atoms with Crippen LogP contribution in [-0.4, -0.2) is 11.6 Å². The van der Waals surface area contributed by atoms with Crippen LogP contribution in [0, 0.1) is 0 Å². The molecule has 0 spiro atoms. The fraction of sp³-hybridized carbons (Fsp3) is 0.0500. The Labute approximate surface area is 290 Å². The molecule has 7 heteroatoms. The van der Waals surface area contributed by atoms with Gasteiger partial charge in [-0.05, 0) is 86.7 Å². The third-order valence-electron chi connectivity index (χ3n) is 7.39. The smallest absolute Gasteiger partial charge is 0.198 e. The number of anilines is 6. The second-order valence-electron chi connectivity index (χ2n) is 10.5. The van der Waals surface area contributed by atoms with Gasteiger partial charge in [0.05, 0.1) is 73.6 Å². The Balaban J connectivity index is 1.80. The number of nitrogens with one attached hydrogen (secondary N) is 3. The second-order valence-corrected chi connectivity index (χ2v) is 11.5. The molecular formula is C40H35IN4O2. The number of hydrogen-bond acceptors (Lipinski definition) is 6. The molecule has 0 bridgehead atoms. The number of para-hydroxylation sites is 2. The molecule has 0 fully saturated rings. The van der Waals surface area contributed by atoms with Gasteiger partial charge < -0.3 is 16.0 Å². The van der Waals surface area contributed by atoms with Gasteiger partial charge in [-0.2, -0.15) is 0 Å². The molecule has 0 atom stereocenters. The van der Waals surface area contributed by atoms with E-state index in [4.69, 9.17) is 0 Å². The van der Waals surface area contributed by atoms with E-state index in [0.717, 1.165) is 22.8 Å². The number of ketones is 2. The highest BCUT2D eigenvalue weighted by molar-refractivity contribution is 14.1. The van der Waals surface area contributed by atoms with E-state index in [0.29, 0.717) is 33.9 Å². The molecule has 4 aromatic carbocycles. The third kappa shape index (κ3) is 7.05. The summed E-state index contributed by atoms with van der Waals surface area (Å²) in [6.45, 7) is 11.5. The van der Waals surface area contributed by atoms with E-state index in [9.17, 15) is 0 Å². The lowest BCUT2D eigenvalue weighted by atomic mass is 9.80. The number of rotatable bonds is 12. The Morgan fingerprint density at radius 2 is 1.13 bits per heavy atom. The van der Waals surface area contributed by atoms with Gasteiger partial charge in [0, 0.05) is 17.1 Å². The Hall–Kier alpha value is -5.41. The second kappa shape index (κ2) is 15.2. The molecule has 5 rings (SSSR count). The summed E-state index contributed by atoms with van der Waals surface area (Å²) in [5.74, 6) is -0.554. The molecule has 0 saturated carbocycles. The van der Waals surface area contributed by atoms with Crippen molar-refractivity contribution in [2.75, 3.05) is 19.1 Å². The van der Waals surface area contributed by atoms with Crippen LogP contribution in [0.3, 0.4) is 0 Å². The van der Waals surface area contributed by atoms with Gasteiger partial charge in [0.25, 0.3) is 0 Å². The average Bonchev–Trinajstić information content (AvgIpc) is 3.08. The van der Waals surface area contributed by atoms with Crippen molar-refractivity contribution in [2.45, 2.75) is 13.8 Å². The third-order valence-corrected chi connectivity index (χ3v) is 8.47. The van der Waals surface area contributed by atoms with Crippen molar-refractivity contribution in [1.82, 2.24) is 0 Å². The van der Waals surface area contributed by atoms with Crippen LogP contribution in [0.1, 0.15) is 45.7 Å². The van der Waals surface area contributed by atoms with Gasteiger partial charge in [-0.3, -0.25) is 12.7 Å². The van der Waals surface area contributed by atoms with Gasteiger partial charge in [0.1, 0.15) is 0 Å². The quantitative estimate of drug-likeness (QED) is 0.0674. The predicted molar refractivity (Wildman–Crippen MR) is 206 cm³/mol. The molecule has 0 saturated heterocycles. The monoisotopic (exact) mass is 730 g/mol. The minimum atomic E-state index is -0.280. The Morgan fingerprint density at radius 1 is 0.638 bits per heavy atom. The summed E-state index contributed by atoms with van der Waals surface area (Å²) in [7, 11) is 0. The van der Waals surface area contributed by atoms with E-state index >= 15 is 9.59 Å². The molecule has 0 radical (unpaired) electrons. The maximum absolute atomic E-state index is 15.0. The molecule has 4 aromatic rings. The fourth-order valence-electron chi connectivity index (χ4n) is 5.43. The topological polar surface area (TPSA) is 73.5 Å². The standard InChI is InChI=1S/C40H35IN4O2/c1-5-15-27(16-6-2)42-31-23-24-32(43-28-19-11-9-12-20-28)36-35(31)39(46)37-33(44-29-21-13-10-14-22-29)25-26-34(38(37)40(36)47)45(41)30(17-7-3)18-8-4/h5-26,42-44H,1,3H2,2,4H3/b16-6-,18-8-,27-15+,30-17+. The number of fused-ring (bicyclic) bond motifs is 2. The summed E-state index contributed by atoms with van der Waals surface area (Å²) in [6.07, 6.45) is 14.7. The number of hydrogen-bond donors (Lipinski definition) is 3. The zero-order chi connectivity index (χ0) is 33.3. The maximum Gasteiger partial charge on any atom is 0.198 e. The van der Waals surface area contributed by atoms with E-state index in [1.54, 1.807) is 12.2 Å². The van der Waals surface area contributed by atoms with Crippen molar-refractivity contribution in [3.8, 4) is 0 Å². The Kier molecular flexibility index (Phi) is 10.7. The minimum Gasteiger partial charge on any atom is -0.355 e. The van der Waals surface area contributed by atoms with Crippen LogP contribution >= 0.6 is 22.9 Å². The first-order chi connectivity index (χ1) is 22.9. The van der Waals surface area contributed by atoms with Crippen molar-refractivity contribution in [3.63, 3.8) is 0 Å². The molecule has 0 aromatic heterocycles. The molecule has 0 unspecified atom stereocenters. The highest BCUT2D eigenvalue weighted by Gasteiger charge is 2.39. The highest BCUT2D eigenvalue weighted by Crippen LogP contribution is 2.45. The summed E-state index contributed by atoms with van der Waals surface area (Å²) in [6, 6.07) is 26.6. The lowest BCUT2D eigenvalue weighted by molar-refractivity contribution is 0.0981. The molecular weight excluding hydrogens is 695 g/mol. The molecule has 0 aliphatic heterocycles. The Morgan fingerprint density at radius 3 is 1.68 bits per heavy atom. The van der Waals surface area contributed by atoms with E-state index in [1.807, 2.05) is 138 Å². The molecule has 47 heavy (non-hydrogen) atoms. The van der Waals surface area contributed by atoms with E-state index in [2.05, 4.69) is 52.0 Å². The van der Waals surface area contributed by atoms with Crippen LogP contribution in [0.5, 0.6) is 0 Å². The highest BCUT2D eigenvalue weighted by atomic mass is 127. The van der Waals surface area contributed by atoms with E-state index in [-0.39, 0.29) is 22.7 Å². The molecule has 6 nitrogen and oxygen atoms in total. The van der Waals surface area contributed by atoms with Crippen molar-refractivity contribution >= 4 is 68.6 Å². The zero-order valence-electron chi connectivity index (χ0n) is 26.3. The van der Waals surface area contributed by atoms with Crippen molar-refractivity contribution in [1.29, 1.82) is 0 Å². The minimum absolute atomic E-state index is 0.274. The zero-order valence-corrected chi connectivity index (χ0v) is 28.4. The van der Waals surface area contributed by atoms with Crippen LogP contribution in [-0.2, 0) is 0 Å². The van der Waals surface area contributed by atoms with Crippen LogP contribution in [0.15, 0.2) is 158 Å². The molecule has 1 aliphatic carbocycles. The normalized spacial score (nSPS) is 12.9. The van der Waals surface area contributed by atoms with Crippen LogP contribution in [0.25, 0.3) is 0 Å². The summed E-state index contributed by atoms with van der Waals surface area (Å²) in [4.78, 5) is 30.0. The summed E-state index contributed by atoms with van der Waals surface area (Å²) < 4.78 is 1.88. The number of halogens is 1. The number of carbonyl (C=O) groups excluding carboxylic acids is 2. The molecule has 0 amide bonds. The van der Waals surface area contributed by atoms with Gasteiger partial charge in [0.2, 0.25) is 0 Å². The molecule has 0 heterocycles. The Bertz CT molecular complexity index is 1960. The SMILES string of the molecule is C=C/C=C(\C=C/C)Nc1ccc(Nc2ccccc2)c2c1C(=O)c1c(Nc3ccccc3)ccc(N(I)C(/C=C\C)=C/C=C)c1C2=O. The predicted octanol–water partition coefficient (Wildman–Crippen LogP) is 10.8. The number of carbonyl (C=O) groups is 2. The molecule has 234 valence electrons. The van der Waals surface area contributed by atoms with Crippen LogP contribution < -0.4 is 19.1 Å². The number of benzene rings is 4. The molecule has 1 aliphatic rings. The van der Waals surface area contributed by atoms with Gasteiger partial charge >= 0.3 is 0 Å². The van der Waals surface area contributed by atoms with Gasteiger partial charge in [-0.1, -0.05) is 73.9 Å². The van der Waals surface area contributed by atoms with Gasteiger partial charge in [-0.15, -0.1) is 0 Å². The lowest BCUT2D eigenvalue weighted by Gasteiger charge is -2.29. The number of nitrogens with zero attached hydrogens (tertiary/aromatic N) is 1. The summed E-state index contributed by atoms with van der Waals surface area (Å²) in [5.41, 5.74) is 6.44. The van der Waals surface area contributed by atoms with E-state index < -0.39 is 0 Å². The van der Waals surface area contributed by atoms with Gasteiger partial charge in [-0.25, -0.2) is 0 Å². The summed E-state index contributed by atoms with van der Waals surface area (Å²) in [5, 5.41) is 10.2. The summed E-state index contributed by atoms with van der Waals surface area (Å²) >= 11 is 2.17. The largest absolute Gasteiger partial charge is 0.355 e. The first-order valence-corrected chi connectivity index (χ1v) is 16.1. The van der Waals surface area contributed by atoms with Crippen molar-refractivity contribution < 1.29 is 9.59 Å². The first-order valence-electron chi connectivity index (χ1n) is 15.1. The van der Waals surface area contributed by atoms with Crippen LogP contribution in [0.2, 0.25) is 0 Å². The number of allylic oxidation sites excluding steroid dienone is 8. The van der Waals surface area contributed by atoms with E-state index in [1.165, 1.54) is 0 Å². The van der Waals surface area contributed by atoms with Crippen molar-refractivity contribution in [2.24, 2.45) is 0 Å². The first kappa shape index (κ1) is 33.0. The maximum atomic E-state index is 15.0. The van der Waals surface area contributed by atoms with Gasteiger partial charge in [0.15, 0.2) is 11.6 Å². The lowest BCUT2D eigenvalue weighted by Crippen LogP contribution is -2.27. The van der Waals surface area contributed by atoms with Crippen LogP contribution in [0.4, 0.5) is 34.1 Å². The molecule has 3 N–H and O–H groups in total.